The Bertz CT molecular complexity index is 1200. The predicted octanol–water partition coefficient (Wildman–Crippen LogP) is 1.98. The van der Waals surface area contributed by atoms with Crippen molar-refractivity contribution < 1.29 is 17.7 Å². The van der Waals surface area contributed by atoms with E-state index in [4.69, 9.17) is 4.52 Å². The van der Waals surface area contributed by atoms with Crippen LogP contribution in [0.3, 0.4) is 0 Å². The Kier molecular flexibility index (Phi) is 6.24. The fraction of sp³-hybridized carbons (Fsp3) is 0.318. The van der Waals surface area contributed by atoms with E-state index in [1.165, 1.54) is 6.07 Å². The van der Waals surface area contributed by atoms with Gasteiger partial charge in [0.25, 0.3) is 0 Å². The summed E-state index contributed by atoms with van der Waals surface area (Å²) >= 11 is 0. The van der Waals surface area contributed by atoms with Crippen LogP contribution >= 0.6 is 0 Å². The second kappa shape index (κ2) is 9.09. The summed E-state index contributed by atoms with van der Waals surface area (Å²) in [5.74, 6) is 0.455. The van der Waals surface area contributed by atoms with Crippen LogP contribution < -0.4 is 9.62 Å². The van der Waals surface area contributed by atoms with E-state index in [0.29, 0.717) is 49.0 Å². The summed E-state index contributed by atoms with van der Waals surface area (Å²) in [6, 6.07) is 14.9. The number of para-hydroxylation sites is 1. The molecular formula is C22H25N5O4S. The van der Waals surface area contributed by atoms with E-state index in [0.717, 1.165) is 5.69 Å². The van der Waals surface area contributed by atoms with Crippen molar-refractivity contribution in [3.05, 3.63) is 60.0 Å². The Hall–Kier alpha value is -3.24. The summed E-state index contributed by atoms with van der Waals surface area (Å²) in [6.07, 6.45) is 0. The van der Waals surface area contributed by atoms with Crippen molar-refractivity contribution in [1.29, 1.82) is 0 Å². The van der Waals surface area contributed by atoms with Crippen LogP contribution in [-0.2, 0) is 14.8 Å². The first-order valence-corrected chi connectivity index (χ1v) is 11.8. The average molecular weight is 456 g/mol. The highest BCUT2D eigenvalue weighted by molar-refractivity contribution is 7.89. The highest BCUT2D eigenvalue weighted by Gasteiger charge is 2.24. The molecule has 2 heterocycles. The van der Waals surface area contributed by atoms with Gasteiger partial charge in [0.2, 0.25) is 27.6 Å². The van der Waals surface area contributed by atoms with Gasteiger partial charge in [-0.2, -0.15) is 4.98 Å². The van der Waals surface area contributed by atoms with Crippen LogP contribution in [0.2, 0.25) is 0 Å². The van der Waals surface area contributed by atoms with Gasteiger partial charge in [-0.15, -0.1) is 0 Å². The summed E-state index contributed by atoms with van der Waals surface area (Å²) in [5.41, 5.74) is 2.20. The van der Waals surface area contributed by atoms with Gasteiger partial charge in [0.1, 0.15) is 0 Å². The first kappa shape index (κ1) is 22.0. The number of carbonyl (C=O) groups excluding carboxylic acids is 1. The SMILES string of the molecule is Cc1nc(-c2ccc(C)c(S(=O)(=O)NCC(=O)N3CCN(c4ccccc4)CC3)c2)no1. The summed E-state index contributed by atoms with van der Waals surface area (Å²) in [7, 11) is -3.90. The Morgan fingerprint density at radius 2 is 1.78 bits per heavy atom. The topological polar surface area (TPSA) is 109 Å². The lowest BCUT2D eigenvalue weighted by Crippen LogP contribution is -2.51. The zero-order chi connectivity index (χ0) is 22.7. The highest BCUT2D eigenvalue weighted by atomic mass is 32.2. The summed E-state index contributed by atoms with van der Waals surface area (Å²) in [5, 5.41) is 3.84. The molecule has 1 saturated heterocycles. The van der Waals surface area contributed by atoms with Crippen LogP contribution in [0.4, 0.5) is 5.69 Å². The lowest BCUT2D eigenvalue weighted by Gasteiger charge is -2.36. The second-order valence-corrected chi connectivity index (χ2v) is 9.38. The van der Waals surface area contributed by atoms with Crippen molar-refractivity contribution in [2.45, 2.75) is 18.7 Å². The third-order valence-corrected chi connectivity index (χ3v) is 6.97. The van der Waals surface area contributed by atoms with Gasteiger partial charge in [-0.25, -0.2) is 13.1 Å². The number of benzene rings is 2. The van der Waals surface area contributed by atoms with Crippen molar-refractivity contribution in [2.24, 2.45) is 0 Å². The summed E-state index contributed by atoms with van der Waals surface area (Å²) < 4.78 is 33.2. The molecule has 1 aliphatic heterocycles. The maximum absolute atomic E-state index is 12.9. The van der Waals surface area contributed by atoms with Gasteiger partial charge < -0.3 is 14.3 Å². The average Bonchev–Trinajstić information content (AvgIpc) is 3.24. The van der Waals surface area contributed by atoms with Crippen LogP contribution in [0.1, 0.15) is 11.5 Å². The van der Waals surface area contributed by atoms with Crippen molar-refractivity contribution in [3.63, 3.8) is 0 Å². The molecule has 4 rings (SSSR count). The van der Waals surface area contributed by atoms with Crippen LogP contribution in [0.5, 0.6) is 0 Å². The lowest BCUT2D eigenvalue weighted by molar-refractivity contribution is -0.130. The van der Waals surface area contributed by atoms with Gasteiger partial charge in [-0.3, -0.25) is 4.79 Å². The van der Waals surface area contributed by atoms with Crippen LogP contribution in [0.25, 0.3) is 11.4 Å². The minimum absolute atomic E-state index is 0.0825. The Morgan fingerprint density at radius 3 is 2.44 bits per heavy atom. The van der Waals surface area contributed by atoms with Gasteiger partial charge in [0.05, 0.1) is 11.4 Å². The van der Waals surface area contributed by atoms with E-state index in [-0.39, 0.29) is 17.3 Å². The molecule has 0 radical (unpaired) electrons. The van der Waals surface area contributed by atoms with E-state index in [9.17, 15) is 13.2 Å². The first-order valence-electron chi connectivity index (χ1n) is 10.3. The molecule has 0 atom stereocenters. The smallest absolute Gasteiger partial charge is 0.241 e. The minimum atomic E-state index is -3.90. The second-order valence-electron chi connectivity index (χ2n) is 7.65. The number of rotatable bonds is 6. The predicted molar refractivity (Wildman–Crippen MR) is 120 cm³/mol. The number of carbonyl (C=O) groups is 1. The van der Waals surface area contributed by atoms with Gasteiger partial charge in [-0.1, -0.05) is 35.5 Å². The largest absolute Gasteiger partial charge is 0.368 e. The highest BCUT2D eigenvalue weighted by Crippen LogP contribution is 2.23. The Labute approximate surface area is 187 Å². The molecule has 1 aliphatic rings. The maximum Gasteiger partial charge on any atom is 0.241 e. The van der Waals surface area contributed by atoms with Crippen molar-refractivity contribution in [3.8, 4) is 11.4 Å². The molecule has 10 heteroatoms. The standard InChI is InChI=1S/C22H25N5O4S/c1-16-8-9-18(22-24-17(2)31-25-22)14-20(16)32(29,30)23-15-21(28)27-12-10-26(11-13-27)19-6-4-3-5-7-19/h3-9,14,23H,10-13,15H2,1-2H3. The molecule has 0 saturated carbocycles. The maximum atomic E-state index is 12.9. The summed E-state index contributed by atoms with van der Waals surface area (Å²) in [6.45, 7) is 5.56. The third-order valence-electron chi connectivity index (χ3n) is 5.43. The molecule has 2 aromatic carbocycles. The molecule has 1 amide bonds. The fourth-order valence-electron chi connectivity index (χ4n) is 3.64. The van der Waals surface area contributed by atoms with Crippen LogP contribution in [-0.4, -0.2) is 62.1 Å². The van der Waals surface area contributed by atoms with Crippen LogP contribution in [0, 0.1) is 13.8 Å². The number of hydrogen-bond acceptors (Lipinski definition) is 7. The monoisotopic (exact) mass is 455 g/mol. The number of aromatic nitrogens is 2. The number of aryl methyl sites for hydroxylation is 2. The van der Waals surface area contributed by atoms with Gasteiger partial charge in [-0.05, 0) is 30.7 Å². The quantitative estimate of drug-likeness (QED) is 0.605. The van der Waals surface area contributed by atoms with Crippen molar-refractivity contribution in [2.75, 3.05) is 37.6 Å². The van der Waals surface area contributed by atoms with Gasteiger partial charge >= 0.3 is 0 Å². The number of hydrogen-bond donors (Lipinski definition) is 1. The molecule has 9 nitrogen and oxygen atoms in total. The molecule has 168 valence electrons. The number of nitrogens with one attached hydrogen (secondary N) is 1. The van der Waals surface area contributed by atoms with Crippen LogP contribution in [0.15, 0.2) is 57.9 Å². The first-order chi connectivity index (χ1) is 15.3. The van der Waals surface area contributed by atoms with E-state index < -0.39 is 10.0 Å². The van der Waals surface area contributed by atoms with Crippen molar-refractivity contribution >= 4 is 21.6 Å². The molecule has 0 spiro atoms. The van der Waals surface area contributed by atoms with Gasteiger partial charge in [0, 0.05) is 44.4 Å². The zero-order valence-corrected chi connectivity index (χ0v) is 18.8. The Balaban J connectivity index is 1.39. The number of sulfonamides is 1. The van der Waals surface area contributed by atoms with Crippen molar-refractivity contribution in [1.82, 2.24) is 19.8 Å². The minimum Gasteiger partial charge on any atom is -0.368 e. The van der Waals surface area contributed by atoms with E-state index in [2.05, 4.69) is 19.8 Å². The number of piperazine rings is 1. The van der Waals surface area contributed by atoms with E-state index in [1.54, 1.807) is 30.9 Å². The number of anilines is 1. The normalized spacial score (nSPS) is 14.6. The fourth-order valence-corrected chi connectivity index (χ4v) is 4.89. The molecule has 1 aromatic heterocycles. The molecule has 0 aliphatic carbocycles. The molecular weight excluding hydrogens is 430 g/mol. The van der Waals surface area contributed by atoms with E-state index in [1.807, 2.05) is 30.3 Å². The van der Waals surface area contributed by atoms with Gasteiger partial charge in [0.15, 0.2) is 0 Å². The molecule has 32 heavy (non-hydrogen) atoms. The molecule has 1 N–H and O–H groups in total. The lowest BCUT2D eigenvalue weighted by atomic mass is 10.1. The molecule has 0 bridgehead atoms. The Morgan fingerprint density at radius 1 is 1.06 bits per heavy atom. The molecule has 1 fully saturated rings. The summed E-state index contributed by atoms with van der Waals surface area (Å²) in [4.78, 5) is 20.8. The van der Waals surface area contributed by atoms with E-state index >= 15 is 0 Å². The zero-order valence-electron chi connectivity index (χ0n) is 18.0. The number of amides is 1. The third kappa shape index (κ3) is 4.81. The molecule has 0 unspecified atom stereocenters. The number of nitrogens with zero attached hydrogens (tertiary/aromatic N) is 4. The molecule has 3 aromatic rings.